The summed E-state index contributed by atoms with van der Waals surface area (Å²) in [5, 5.41) is 7.57. The first kappa shape index (κ1) is 33.6. The highest BCUT2D eigenvalue weighted by Crippen LogP contribution is 2.14. The Labute approximate surface area is 208 Å². The van der Waals surface area contributed by atoms with Gasteiger partial charge >= 0.3 is 0 Å². The maximum atomic E-state index is 7.57. The van der Waals surface area contributed by atoms with Crippen LogP contribution in [-0.2, 0) is 0 Å². The van der Waals surface area contributed by atoms with Crippen LogP contribution in [0.3, 0.4) is 0 Å². The number of rotatable bonds is 15. The van der Waals surface area contributed by atoms with Gasteiger partial charge in [-0.1, -0.05) is 69.9 Å². The molecule has 0 aromatic carbocycles. The van der Waals surface area contributed by atoms with Crippen LogP contribution in [0, 0.1) is 0 Å². The van der Waals surface area contributed by atoms with Crippen molar-refractivity contribution >= 4 is 0 Å². The molecule has 0 atom stereocenters. The summed E-state index contributed by atoms with van der Waals surface area (Å²) in [4.78, 5) is 0. The molecule has 1 N–H and O–H groups in total. The van der Waals surface area contributed by atoms with Crippen LogP contribution in [0.4, 0.5) is 0 Å². The normalized spacial score (nSPS) is 12.8. The van der Waals surface area contributed by atoms with E-state index in [1.165, 1.54) is 97.6 Å². The highest BCUT2D eigenvalue weighted by Gasteiger charge is 1.94. The van der Waals surface area contributed by atoms with Gasteiger partial charge in [0.1, 0.15) is 0 Å². The Morgan fingerprint density at radius 3 is 0.879 bits per heavy atom. The van der Waals surface area contributed by atoms with Crippen LogP contribution >= 0.6 is 0 Å². The topological polar surface area (TPSA) is 20.2 Å². The summed E-state index contributed by atoms with van der Waals surface area (Å²) < 4.78 is 0. The summed E-state index contributed by atoms with van der Waals surface area (Å²) in [5.74, 6) is 0. The maximum Gasteiger partial charge on any atom is 0.0402 e. The van der Waals surface area contributed by atoms with Gasteiger partial charge in [0.15, 0.2) is 0 Å². The van der Waals surface area contributed by atoms with Gasteiger partial charge in [0.2, 0.25) is 0 Å². The smallest absolute Gasteiger partial charge is 0.0402 e. The third-order valence-corrected chi connectivity index (χ3v) is 5.40. The zero-order chi connectivity index (χ0) is 25.5. The number of hydrogen-bond acceptors (Lipinski definition) is 1. The summed E-state index contributed by atoms with van der Waals surface area (Å²) >= 11 is 0. The van der Waals surface area contributed by atoms with Crippen molar-refractivity contribution in [1.82, 2.24) is 0 Å². The fourth-order valence-electron chi connectivity index (χ4n) is 3.34. The van der Waals surface area contributed by atoms with Crippen molar-refractivity contribution in [3.8, 4) is 0 Å². The van der Waals surface area contributed by atoms with E-state index in [2.05, 4.69) is 91.8 Å². The lowest BCUT2D eigenvalue weighted by Gasteiger charge is -2.02. The van der Waals surface area contributed by atoms with Gasteiger partial charge in [0.25, 0.3) is 0 Å². The Bertz CT molecular complexity index is 599. The molecule has 0 heterocycles. The molecule has 190 valence electrons. The first-order valence-corrected chi connectivity index (χ1v) is 13.1. The first-order chi connectivity index (χ1) is 15.6. The molecule has 33 heavy (non-hydrogen) atoms. The van der Waals surface area contributed by atoms with E-state index >= 15 is 0 Å². The molecule has 0 aliphatic carbocycles. The third kappa shape index (κ3) is 28.4. The molecule has 0 bridgehead atoms. The Morgan fingerprint density at radius 1 is 0.424 bits per heavy atom. The maximum absolute atomic E-state index is 7.57. The predicted molar refractivity (Wildman–Crippen MR) is 153 cm³/mol. The Balaban J connectivity index is 0. The predicted octanol–water partition coefficient (Wildman–Crippen LogP) is 10.6. The van der Waals surface area contributed by atoms with Crippen LogP contribution in [-0.4, -0.2) is 11.7 Å². The SMILES string of the molecule is CC(C)=CCCC(C)=CCCC(C)=CCCC=C(C)CCC=C(C)CCC=C(C)C.CCO. The van der Waals surface area contributed by atoms with Crippen molar-refractivity contribution in [2.75, 3.05) is 6.61 Å². The molecule has 0 aromatic rings. The number of unbranched alkanes of at least 4 members (excludes halogenated alkanes) is 1. The highest BCUT2D eigenvalue weighted by molar-refractivity contribution is 5.08. The third-order valence-electron chi connectivity index (χ3n) is 5.40. The molecule has 0 aromatic heterocycles. The number of aliphatic hydroxyl groups excluding tert-OH is 1. The molecule has 0 aliphatic rings. The molecular weight excluding hydrogens is 400 g/mol. The number of allylic oxidation sites excluding steroid dienone is 12. The second-order valence-corrected chi connectivity index (χ2v) is 9.81. The van der Waals surface area contributed by atoms with E-state index in [4.69, 9.17) is 5.11 Å². The lowest BCUT2D eigenvalue weighted by Crippen LogP contribution is -1.82. The molecule has 0 saturated heterocycles. The molecule has 0 saturated carbocycles. The Morgan fingerprint density at radius 2 is 0.636 bits per heavy atom. The van der Waals surface area contributed by atoms with E-state index in [1.807, 2.05) is 0 Å². The van der Waals surface area contributed by atoms with Gasteiger partial charge in [-0.3, -0.25) is 0 Å². The van der Waals surface area contributed by atoms with E-state index in [-0.39, 0.29) is 6.61 Å². The van der Waals surface area contributed by atoms with Crippen LogP contribution in [0.5, 0.6) is 0 Å². The largest absolute Gasteiger partial charge is 0.397 e. The van der Waals surface area contributed by atoms with E-state index in [9.17, 15) is 0 Å². The minimum absolute atomic E-state index is 0.250. The van der Waals surface area contributed by atoms with E-state index < -0.39 is 0 Å². The summed E-state index contributed by atoms with van der Waals surface area (Å²) in [6.07, 6.45) is 26.2. The minimum atomic E-state index is 0.250. The minimum Gasteiger partial charge on any atom is -0.397 e. The van der Waals surface area contributed by atoms with Gasteiger partial charge in [0.05, 0.1) is 0 Å². The molecule has 0 rings (SSSR count). The van der Waals surface area contributed by atoms with Gasteiger partial charge < -0.3 is 5.11 Å². The fourth-order valence-corrected chi connectivity index (χ4v) is 3.34. The average Bonchev–Trinajstić information content (AvgIpc) is 2.71. The molecule has 0 spiro atoms. The molecule has 0 aliphatic heterocycles. The second kappa shape index (κ2) is 23.6. The number of hydrogen-bond donors (Lipinski definition) is 1. The first-order valence-electron chi connectivity index (χ1n) is 13.1. The summed E-state index contributed by atoms with van der Waals surface area (Å²) in [6.45, 7) is 19.7. The van der Waals surface area contributed by atoms with E-state index in [0.717, 1.165) is 0 Å². The second-order valence-electron chi connectivity index (χ2n) is 9.81. The zero-order valence-corrected chi connectivity index (χ0v) is 23.7. The molecule has 1 nitrogen and oxygen atoms in total. The van der Waals surface area contributed by atoms with Crippen molar-refractivity contribution in [3.63, 3.8) is 0 Å². The van der Waals surface area contributed by atoms with Gasteiger partial charge in [-0.25, -0.2) is 0 Å². The molecule has 1 heteroatoms. The van der Waals surface area contributed by atoms with Crippen LogP contribution in [0.25, 0.3) is 0 Å². The lowest BCUT2D eigenvalue weighted by atomic mass is 10.0. The van der Waals surface area contributed by atoms with Crippen molar-refractivity contribution < 1.29 is 5.11 Å². The standard InChI is InChI=1S/C30H50.C2H6O/c1-25(2)15-11-19-29(7)23-13-21-27(5)17-9-10-18-28(6)22-14-24-30(8)20-12-16-26(3)4;1-2-3/h15-18,23-24H,9-14,19-22H2,1-8H3;3H,2H2,1H3. The summed E-state index contributed by atoms with van der Waals surface area (Å²) in [7, 11) is 0. The zero-order valence-electron chi connectivity index (χ0n) is 23.7. The van der Waals surface area contributed by atoms with Crippen molar-refractivity contribution in [3.05, 3.63) is 69.9 Å². The van der Waals surface area contributed by atoms with Crippen molar-refractivity contribution in [2.24, 2.45) is 0 Å². The van der Waals surface area contributed by atoms with Crippen molar-refractivity contribution in [1.29, 1.82) is 0 Å². The van der Waals surface area contributed by atoms with Crippen LogP contribution in [0.1, 0.15) is 127 Å². The van der Waals surface area contributed by atoms with Crippen LogP contribution in [0.15, 0.2) is 69.9 Å². The quantitative estimate of drug-likeness (QED) is 0.192. The van der Waals surface area contributed by atoms with Gasteiger partial charge in [-0.15, -0.1) is 0 Å². The summed E-state index contributed by atoms with van der Waals surface area (Å²) in [5.41, 5.74) is 8.97. The monoisotopic (exact) mass is 456 g/mol. The molecule has 0 fully saturated rings. The van der Waals surface area contributed by atoms with Crippen LogP contribution in [0.2, 0.25) is 0 Å². The Hall–Kier alpha value is -1.60. The Kier molecular flexibility index (Phi) is 24.0. The van der Waals surface area contributed by atoms with Gasteiger partial charge in [-0.2, -0.15) is 0 Å². The number of aliphatic hydroxyl groups is 1. The average molecular weight is 457 g/mol. The summed E-state index contributed by atoms with van der Waals surface area (Å²) in [6, 6.07) is 0. The van der Waals surface area contributed by atoms with E-state index in [1.54, 1.807) is 6.92 Å². The van der Waals surface area contributed by atoms with Crippen molar-refractivity contribution in [2.45, 2.75) is 127 Å². The fraction of sp³-hybridized carbons (Fsp3) is 0.625. The molecule has 0 unspecified atom stereocenters. The lowest BCUT2D eigenvalue weighted by molar-refractivity contribution is 0.318. The molecular formula is C32H56O. The highest BCUT2D eigenvalue weighted by atomic mass is 16.2. The van der Waals surface area contributed by atoms with Crippen LogP contribution < -0.4 is 0 Å². The molecule has 0 radical (unpaired) electrons. The van der Waals surface area contributed by atoms with Gasteiger partial charge in [0, 0.05) is 6.61 Å². The van der Waals surface area contributed by atoms with Gasteiger partial charge in [-0.05, 0) is 127 Å². The molecule has 0 amide bonds. The van der Waals surface area contributed by atoms with E-state index in [0.29, 0.717) is 0 Å².